The van der Waals surface area contributed by atoms with Gasteiger partial charge in [-0.2, -0.15) is 0 Å². The van der Waals surface area contributed by atoms with Gasteiger partial charge in [0.15, 0.2) is 0 Å². The van der Waals surface area contributed by atoms with Crippen molar-refractivity contribution in [1.82, 2.24) is 10.6 Å². The van der Waals surface area contributed by atoms with E-state index >= 15 is 0 Å². The van der Waals surface area contributed by atoms with E-state index in [1.807, 2.05) is 0 Å². The van der Waals surface area contributed by atoms with E-state index in [-0.39, 0.29) is 45.8 Å². The fourth-order valence-corrected chi connectivity index (χ4v) is 3.14. The average Bonchev–Trinajstić information content (AvgIpc) is 2.45. The molecule has 0 rings (SSSR count). The Balaban J connectivity index is -0.00000180. The lowest BCUT2D eigenvalue weighted by atomic mass is 10.3. The molecule has 134 valence electrons. The van der Waals surface area contributed by atoms with Crippen LogP contribution in [0.15, 0.2) is 0 Å². The number of amides is 2. The minimum absolute atomic E-state index is 0. The van der Waals surface area contributed by atoms with Gasteiger partial charge < -0.3 is 56.1 Å². The van der Waals surface area contributed by atoms with Crippen LogP contribution in [0.1, 0.15) is 25.7 Å². The number of halogens is 2. The number of carbonyl (C=O) groups excluding carboxylic acids is 2. The maximum absolute atomic E-state index is 11.3. The normalized spacial score (nSPS) is 9.36. The first kappa shape index (κ1) is 27.4. The molecule has 8 N–H and O–H groups in total. The molecule has 0 aliphatic heterocycles. The molecule has 6 nitrogen and oxygen atoms in total. The zero-order valence-corrected chi connectivity index (χ0v) is 17.7. The monoisotopic (exact) mass is 482 g/mol. The maximum atomic E-state index is 11.3. The second-order valence-corrected chi connectivity index (χ2v) is 6.96. The van der Waals surface area contributed by atoms with Crippen LogP contribution in [0.4, 0.5) is 0 Å². The van der Waals surface area contributed by atoms with Gasteiger partial charge in [-0.1, -0.05) is 21.6 Å². The molecule has 0 radical (unpaired) electrons. The Morgan fingerprint density at radius 1 is 0.773 bits per heavy atom. The third kappa shape index (κ3) is 20.5. The SMILES string of the molecule is [Br-].[Br-].[NH3+]CCCC(=O)NCCSSCCNC(=O)CCC[NH3+]. The van der Waals surface area contributed by atoms with Crippen LogP contribution in [0.2, 0.25) is 0 Å². The standard InChI is InChI=1S/C12H26N4O2S2.2BrH/c13-5-1-3-11(17)15-7-9-19-20-10-8-16-12(18)4-2-6-14;;/h1-10,13-14H2,(H,15,17)(H,16,18);2*1H. The summed E-state index contributed by atoms with van der Waals surface area (Å²) in [6, 6.07) is 0. The highest BCUT2D eigenvalue weighted by atomic mass is 79.9. The first-order chi connectivity index (χ1) is 9.70. The van der Waals surface area contributed by atoms with E-state index in [9.17, 15) is 9.59 Å². The highest BCUT2D eigenvalue weighted by Crippen LogP contribution is 2.19. The van der Waals surface area contributed by atoms with Gasteiger partial charge in [0, 0.05) is 50.3 Å². The van der Waals surface area contributed by atoms with Crippen LogP contribution < -0.4 is 56.1 Å². The first-order valence-electron chi connectivity index (χ1n) is 7.07. The summed E-state index contributed by atoms with van der Waals surface area (Å²) in [7, 11) is 3.43. The van der Waals surface area contributed by atoms with Gasteiger partial charge in [0.05, 0.1) is 13.1 Å². The predicted molar refractivity (Wildman–Crippen MR) is 84.9 cm³/mol. The summed E-state index contributed by atoms with van der Waals surface area (Å²) in [6.45, 7) is 3.00. The molecule has 0 aliphatic carbocycles. The fourth-order valence-electron chi connectivity index (χ4n) is 1.33. The maximum Gasteiger partial charge on any atom is 0.220 e. The lowest BCUT2D eigenvalue weighted by Gasteiger charge is -2.05. The van der Waals surface area contributed by atoms with Crippen molar-refractivity contribution in [2.24, 2.45) is 0 Å². The van der Waals surface area contributed by atoms with E-state index in [0.717, 1.165) is 37.4 Å². The van der Waals surface area contributed by atoms with Gasteiger partial charge in [-0.05, 0) is 0 Å². The first-order valence-corrected chi connectivity index (χ1v) is 9.55. The lowest BCUT2D eigenvalue weighted by Crippen LogP contribution is -3.00. The smallest absolute Gasteiger partial charge is 0.220 e. The minimum Gasteiger partial charge on any atom is -1.00 e. The van der Waals surface area contributed by atoms with Crippen molar-refractivity contribution >= 4 is 33.4 Å². The summed E-state index contributed by atoms with van der Waals surface area (Å²) in [6.07, 6.45) is 2.84. The third-order valence-corrected chi connectivity index (χ3v) is 4.81. The molecule has 22 heavy (non-hydrogen) atoms. The summed E-state index contributed by atoms with van der Waals surface area (Å²) in [5.41, 5.74) is 7.41. The highest BCUT2D eigenvalue weighted by Gasteiger charge is 2.01. The molecule has 0 saturated carbocycles. The van der Waals surface area contributed by atoms with Gasteiger partial charge in [-0.3, -0.25) is 9.59 Å². The molecular formula is C12H28Br2N4O2S2. The summed E-state index contributed by atoms with van der Waals surface area (Å²) in [5, 5.41) is 5.75. The quantitative estimate of drug-likeness (QED) is 0.154. The molecule has 0 fully saturated rings. The van der Waals surface area contributed by atoms with Gasteiger partial charge in [0.2, 0.25) is 11.8 Å². The zero-order chi connectivity index (χ0) is 15.1. The van der Waals surface area contributed by atoms with Crippen LogP contribution in [0.3, 0.4) is 0 Å². The Kier molecular flexibility index (Phi) is 26.8. The van der Waals surface area contributed by atoms with Gasteiger partial charge >= 0.3 is 0 Å². The number of hydrogen-bond acceptors (Lipinski definition) is 4. The predicted octanol–water partition coefficient (Wildman–Crippen LogP) is -7.35. The third-order valence-electron chi connectivity index (χ3n) is 2.41. The molecule has 0 unspecified atom stereocenters. The van der Waals surface area contributed by atoms with Gasteiger partial charge in [-0.15, -0.1) is 0 Å². The van der Waals surface area contributed by atoms with Crippen LogP contribution in [-0.4, -0.2) is 49.5 Å². The Bertz CT molecular complexity index is 252. The highest BCUT2D eigenvalue weighted by molar-refractivity contribution is 8.76. The molecule has 0 aromatic rings. The molecule has 0 atom stereocenters. The van der Waals surface area contributed by atoms with Crippen LogP contribution >= 0.6 is 21.6 Å². The van der Waals surface area contributed by atoms with E-state index in [1.165, 1.54) is 0 Å². The van der Waals surface area contributed by atoms with Crippen LogP contribution in [0.25, 0.3) is 0 Å². The van der Waals surface area contributed by atoms with Crippen molar-refractivity contribution in [3.05, 3.63) is 0 Å². The average molecular weight is 484 g/mol. The van der Waals surface area contributed by atoms with Crippen LogP contribution in [0.5, 0.6) is 0 Å². The summed E-state index contributed by atoms with van der Waals surface area (Å²) < 4.78 is 0. The van der Waals surface area contributed by atoms with Gasteiger partial charge in [-0.25, -0.2) is 0 Å². The molecule has 0 aromatic heterocycles. The Labute approximate surface area is 162 Å². The van der Waals surface area contributed by atoms with E-state index in [4.69, 9.17) is 0 Å². The van der Waals surface area contributed by atoms with Crippen molar-refractivity contribution in [3.63, 3.8) is 0 Å². The zero-order valence-electron chi connectivity index (χ0n) is 12.9. The molecular weight excluding hydrogens is 456 g/mol. The second kappa shape index (κ2) is 21.5. The largest absolute Gasteiger partial charge is 1.00 e. The molecule has 0 aliphatic rings. The Morgan fingerprint density at radius 3 is 1.45 bits per heavy atom. The van der Waals surface area contributed by atoms with E-state index in [1.54, 1.807) is 21.6 Å². The van der Waals surface area contributed by atoms with Crippen LogP contribution in [0, 0.1) is 0 Å². The van der Waals surface area contributed by atoms with Crippen molar-refractivity contribution in [2.45, 2.75) is 25.7 Å². The molecule has 0 spiro atoms. The summed E-state index contributed by atoms with van der Waals surface area (Å²) in [5.74, 6) is 1.99. The Hall–Kier alpha value is 0.520. The van der Waals surface area contributed by atoms with Gasteiger partial charge in [0.1, 0.15) is 0 Å². The van der Waals surface area contributed by atoms with E-state index in [0.29, 0.717) is 25.9 Å². The second-order valence-electron chi connectivity index (χ2n) is 4.26. The van der Waals surface area contributed by atoms with E-state index < -0.39 is 0 Å². The lowest BCUT2D eigenvalue weighted by molar-refractivity contribution is -0.368. The minimum atomic E-state index is 0. The number of nitrogens with one attached hydrogen (secondary N) is 2. The van der Waals surface area contributed by atoms with Crippen molar-refractivity contribution in [3.8, 4) is 0 Å². The molecule has 2 amide bonds. The van der Waals surface area contributed by atoms with Crippen molar-refractivity contribution in [1.29, 1.82) is 0 Å². The Morgan fingerprint density at radius 2 is 1.14 bits per heavy atom. The number of rotatable bonds is 13. The number of quaternary nitrogens is 2. The summed E-state index contributed by atoms with van der Waals surface area (Å²) in [4.78, 5) is 22.6. The molecule has 0 saturated heterocycles. The molecule has 10 heteroatoms. The molecule has 0 bridgehead atoms. The van der Waals surface area contributed by atoms with E-state index in [2.05, 4.69) is 22.1 Å². The molecule has 0 heterocycles. The van der Waals surface area contributed by atoms with Crippen molar-refractivity contribution in [2.75, 3.05) is 37.7 Å². The van der Waals surface area contributed by atoms with Crippen LogP contribution in [-0.2, 0) is 9.59 Å². The number of hydrogen-bond donors (Lipinski definition) is 4. The summed E-state index contributed by atoms with van der Waals surface area (Å²) >= 11 is 0. The van der Waals surface area contributed by atoms with Gasteiger partial charge in [0.25, 0.3) is 0 Å². The fraction of sp³-hybridized carbons (Fsp3) is 0.833. The number of carbonyl (C=O) groups is 2. The topological polar surface area (TPSA) is 113 Å². The van der Waals surface area contributed by atoms with Crippen molar-refractivity contribution < 1.29 is 55.0 Å². The molecule has 0 aromatic carbocycles.